The van der Waals surface area contributed by atoms with E-state index in [2.05, 4.69) is 9.71 Å². The first kappa shape index (κ1) is 13.9. The number of aromatic nitrogens is 2. The van der Waals surface area contributed by atoms with Crippen LogP contribution in [0.5, 0.6) is 0 Å². The summed E-state index contributed by atoms with van der Waals surface area (Å²) in [6.07, 6.45) is 1.96. The van der Waals surface area contributed by atoms with Gasteiger partial charge in [-0.25, -0.2) is 18.1 Å². The summed E-state index contributed by atoms with van der Waals surface area (Å²) in [4.78, 5) is 3.75. The van der Waals surface area contributed by atoms with Crippen molar-refractivity contribution in [2.24, 2.45) is 7.05 Å². The fraction of sp³-hybridized carbons (Fsp3) is 0.667. The lowest BCUT2D eigenvalue weighted by atomic mass is 10.3. The molecule has 0 aliphatic heterocycles. The number of hydrogen-bond acceptors (Lipinski definition) is 5. The molecule has 1 unspecified atom stereocenters. The number of nitrogen functional groups attached to an aromatic ring is 1. The summed E-state index contributed by atoms with van der Waals surface area (Å²) in [7, 11) is -0.487. The van der Waals surface area contributed by atoms with Crippen LogP contribution < -0.4 is 10.5 Å². The van der Waals surface area contributed by atoms with Gasteiger partial charge in [0.15, 0.2) is 10.8 Å². The minimum absolute atomic E-state index is 0.000980. The number of sulfonamides is 1. The molecule has 0 aromatic carbocycles. The molecule has 0 saturated carbocycles. The highest BCUT2D eigenvalue weighted by Gasteiger charge is 2.23. The minimum Gasteiger partial charge on any atom is -0.385 e. The molecule has 0 fully saturated rings. The number of aryl methyl sites for hydroxylation is 1. The van der Waals surface area contributed by atoms with Gasteiger partial charge >= 0.3 is 0 Å². The van der Waals surface area contributed by atoms with Gasteiger partial charge in [0.2, 0.25) is 0 Å². The van der Waals surface area contributed by atoms with E-state index in [-0.39, 0.29) is 16.9 Å². The summed E-state index contributed by atoms with van der Waals surface area (Å²) in [5.74, 6) is -0.000980. The second-order valence-corrected chi connectivity index (χ2v) is 5.48. The number of nitrogens with zero attached hydrogens (tertiary/aromatic N) is 2. The molecule has 0 aliphatic carbocycles. The van der Waals surface area contributed by atoms with Gasteiger partial charge < -0.3 is 15.0 Å². The van der Waals surface area contributed by atoms with Crippen molar-refractivity contribution in [3.63, 3.8) is 0 Å². The SMILES string of the molecule is COCCC(C)NS(=O)(=O)c1c(N)ncn1C. The van der Waals surface area contributed by atoms with E-state index in [9.17, 15) is 8.42 Å². The maximum absolute atomic E-state index is 12.0. The Kier molecular flexibility index (Phi) is 4.49. The van der Waals surface area contributed by atoms with E-state index in [0.717, 1.165) is 0 Å². The Morgan fingerprint density at radius 1 is 1.65 bits per heavy atom. The van der Waals surface area contributed by atoms with Gasteiger partial charge in [-0.2, -0.15) is 0 Å². The Hall–Kier alpha value is -1.12. The van der Waals surface area contributed by atoms with Gasteiger partial charge in [-0.15, -0.1) is 0 Å². The predicted molar refractivity (Wildman–Crippen MR) is 63.9 cm³/mol. The Balaban J connectivity index is 2.83. The summed E-state index contributed by atoms with van der Waals surface area (Å²) < 4.78 is 32.8. The van der Waals surface area contributed by atoms with E-state index in [1.165, 1.54) is 10.9 Å². The van der Waals surface area contributed by atoms with E-state index >= 15 is 0 Å². The van der Waals surface area contributed by atoms with Crippen LogP contribution in [0, 0.1) is 0 Å². The molecule has 0 spiro atoms. The van der Waals surface area contributed by atoms with Gasteiger partial charge in [-0.05, 0) is 13.3 Å². The molecule has 8 heteroatoms. The molecule has 0 saturated heterocycles. The Morgan fingerprint density at radius 2 is 2.29 bits per heavy atom. The molecule has 1 heterocycles. The van der Waals surface area contributed by atoms with E-state index in [4.69, 9.17) is 10.5 Å². The van der Waals surface area contributed by atoms with Crippen LogP contribution in [-0.2, 0) is 21.8 Å². The lowest BCUT2D eigenvalue weighted by Gasteiger charge is -2.14. The second-order valence-electron chi connectivity index (χ2n) is 3.85. The summed E-state index contributed by atoms with van der Waals surface area (Å²) >= 11 is 0. The maximum Gasteiger partial charge on any atom is 0.260 e. The van der Waals surface area contributed by atoms with Crippen LogP contribution in [0.15, 0.2) is 11.4 Å². The van der Waals surface area contributed by atoms with Crippen LogP contribution in [0.25, 0.3) is 0 Å². The topological polar surface area (TPSA) is 99.2 Å². The smallest absolute Gasteiger partial charge is 0.260 e. The number of imidazole rings is 1. The molecule has 1 aromatic heterocycles. The van der Waals surface area contributed by atoms with Gasteiger partial charge in [0, 0.05) is 26.8 Å². The highest BCUT2D eigenvalue weighted by atomic mass is 32.2. The molecule has 0 amide bonds. The molecular formula is C9H18N4O3S. The van der Waals surface area contributed by atoms with Crippen molar-refractivity contribution < 1.29 is 13.2 Å². The summed E-state index contributed by atoms with van der Waals surface area (Å²) in [5, 5.41) is -0.0123. The molecule has 3 N–H and O–H groups in total. The van der Waals surface area contributed by atoms with Crippen LogP contribution in [0.2, 0.25) is 0 Å². The third-order valence-corrected chi connectivity index (χ3v) is 3.99. The van der Waals surface area contributed by atoms with Crippen LogP contribution in [0.4, 0.5) is 5.82 Å². The first-order chi connectivity index (χ1) is 7.88. The Morgan fingerprint density at radius 3 is 2.76 bits per heavy atom. The standard InChI is InChI=1S/C9H18N4O3S/c1-7(4-5-16-3)12-17(14,15)9-8(10)11-6-13(9)2/h6-7,12H,4-5,10H2,1-3H3. The third kappa shape index (κ3) is 3.42. The normalized spacial score (nSPS) is 13.8. The van der Waals surface area contributed by atoms with Crippen molar-refractivity contribution in [1.82, 2.24) is 14.3 Å². The van der Waals surface area contributed by atoms with Crippen LogP contribution >= 0.6 is 0 Å². The fourth-order valence-corrected chi connectivity index (χ4v) is 2.95. The Labute approximate surface area is 101 Å². The number of nitrogens with two attached hydrogens (primary N) is 1. The molecular weight excluding hydrogens is 244 g/mol. The van der Waals surface area contributed by atoms with Crippen LogP contribution in [0.3, 0.4) is 0 Å². The van der Waals surface area contributed by atoms with Gasteiger partial charge in [-0.3, -0.25) is 0 Å². The average Bonchev–Trinajstić information content (AvgIpc) is 2.55. The monoisotopic (exact) mass is 262 g/mol. The van der Waals surface area contributed by atoms with Crippen molar-refractivity contribution in [1.29, 1.82) is 0 Å². The van der Waals surface area contributed by atoms with E-state index in [1.54, 1.807) is 21.1 Å². The van der Waals surface area contributed by atoms with Crippen LogP contribution in [0.1, 0.15) is 13.3 Å². The number of nitrogens with one attached hydrogen (secondary N) is 1. The van der Waals surface area contributed by atoms with Crippen molar-refractivity contribution in [2.75, 3.05) is 19.5 Å². The number of ether oxygens (including phenoxy) is 1. The molecule has 0 radical (unpaired) electrons. The summed E-state index contributed by atoms with van der Waals surface area (Å²) in [5.41, 5.74) is 5.53. The van der Waals surface area contributed by atoms with Crippen molar-refractivity contribution in [2.45, 2.75) is 24.4 Å². The van der Waals surface area contributed by atoms with Gasteiger partial charge in [0.1, 0.15) is 0 Å². The zero-order valence-electron chi connectivity index (χ0n) is 10.2. The zero-order valence-corrected chi connectivity index (χ0v) is 11.0. The van der Waals surface area contributed by atoms with Crippen molar-refractivity contribution in [3.05, 3.63) is 6.33 Å². The average molecular weight is 262 g/mol. The third-order valence-electron chi connectivity index (χ3n) is 2.28. The molecule has 17 heavy (non-hydrogen) atoms. The van der Waals surface area contributed by atoms with E-state index in [1.807, 2.05) is 0 Å². The number of methoxy groups -OCH3 is 1. The molecule has 0 bridgehead atoms. The molecule has 0 aliphatic rings. The molecule has 1 atom stereocenters. The first-order valence-corrected chi connectivity index (χ1v) is 6.65. The zero-order chi connectivity index (χ0) is 13.1. The van der Waals surface area contributed by atoms with Crippen molar-refractivity contribution >= 4 is 15.8 Å². The number of anilines is 1. The van der Waals surface area contributed by atoms with Crippen LogP contribution in [-0.4, -0.2) is 37.7 Å². The Bertz CT molecular complexity index is 449. The quantitative estimate of drug-likeness (QED) is 0.733. The van der Waals surface area contributed by atoms with Gasteiger partial charge in [-0.1, -0.05) is 0 Å². The van der Waals surface area contributed by atoms with Gasteiger partial charge in [0.05, 0.1) is 6.33 Å². The summed E-state index contributed by atoms with van der Waals surface area (Å²) in [6, 6.07) is -0.228. The number of hydrogen-bond donors (Lipinski definition) is 2. The molecule has 1 rings (SSSR count). The molecule has 7 nitrogen and oxygen atoms in total. The fourth-order valence-electron chi connectivity index (χ4n) is 1.44. The molecule has 98 valence electrons. The molecule has 1 aromatic rings. The predicted octanol–water partition coefficient (Wildman–Crippen LogP) is -0.294. The number of rotatable bonds is 6. The van der Waals surface area contributed by atoms with Gasteiger partial charge in [0.25, 0.3) is 10.0 Å². The van der Waals surface area contributed by atoms with E-state index in [0.29, 0.717) is 13.0 Å². The lowest BCUT2D eigenvalue weighted by Crippen LogP contribution is -2.34. The largest absolute Gasteiger partial charge is 0.385 e. The highest BCUT2D eigenvalue weighted by molar-refractivity contribution is 7.89. The summed E-state index contributed by atoms with van der Waals surface area (Å²) in [6.45, 7) is 2.26. The maximum atomic E-state index is 12.0. The van der Waals surface area contributed by atoms with E-state index < -0.39 is 10.0 Å². The minimum atomic E-state index is -3.64. The second kappa shape index (κ2) is 5.48. The highest BCUT2D eigenvalue weighted by Crippen LogP contribution is 2.15. The lowest BCUT2D eigenvalue weighted by molar-refractivity contribution is 0.188. The first-order valence-electron chi connectivity index (χ1n) is 5.16. The van der Waals surface area contributed by atoms with Crippen molar-refractivity contribution in [3.8, 4) is 0 Å².